The van der Waals surface area contributed by atoms with Crippen molar-refractivity contribution in [2.75, 3.05) is 47.5 Å². The van der Waals surface area contributed by atoms with E-state index in [2.05, 4.69) is 111 Å². The molecule has 0 aromatic rings. The molecule has 0 radical (unpaired) electrons. The molecule has 0 aliphatic carbocycles. The van der Waals surface area contributed by atoms with Gasteiger partial charge >= 0.3 is 19.8 Å². The highest BCUT2D eigenvalue weighted by Gasteiger charge is 2.27. The highest BCUT2D eigenvalue weighted by molar-refractivity contribution is 7.47. The van der Waals surface area contributed by atoms with Crippen LogP contribution >= 0.6 is 7.82 Å². The summed E-state index contributed by atoms with van der Waals surface area (Å²) in [6, 6.07) is 0. The van der Waals surface area contributed by atoms with Crippen molar-refractivity contribution in [3.63, 3.8) is 0 Å². The number of nitrogens with zero attached hydrogens (tertiary/aromatic N) is 1. The molecule has 0 bridgehead atoms. The van der Waals surface area contributed by atoms with Crippen molar-refractivity contribution in [2.45, 2.75) is 225 Å². The van der Waals surface area contributed by atoms with Gasteiger partial charge in [-0.25, -0.2) is 4.57 Å². The first kappa shape index (κ1) is 66.9. The Balaban J connectivity index is 4.17. The first-order valence-corrected chi connectivity index (χ1v) is 29.5. The van der Waals surface area contributed by atoms with E-state index >= 15 is 0 Å². The third kappa shape index (κ3) is 54.3. The van der Waals surface area contributed by atoms with Crippen molar-refractivity contribution in [1.82, 2.24) is 0 Å². The van der Waals surface area contributed by atoms with Crippen molar-refractivity contribution in [2.24, 2.45) is 0 Å². The summed E-state index contributed by atoms with van der Waals surface area (Å²) in [5, 5.41) is 0. The number of carbonyl (C=O) groups excluding carboxylic acids is 2. The topological polar surface area (TPSA) is 108 Å². The summed E-state index contributed by atoms with van der Waals surface area (Å²) in [4.78, 5) is 35.6. The highest BCUT2D eigenvalue weighted by Crippen LogP contribution is 2.43. The summed E-state index contributed by atoms with van der Waals surface area (Å²) in [7, 11) is 1.46. The minimum atomic E-state index is -4.39. The van der Waals surface area contributed by atoms with Gasteiger partial charge in [-0.05, 0) is 77.0 Å². The molecule has 0 aromatic carbocycles. The average molecular weight is 999 g/mol. The SMILES string of the molecule is CC/C=C\C/C=C\C/C=C\C/C=C\C/C=C\C/C=C\C/C=C\C/C=C\CCCCCCCCCCC(=O)OC(COC(=O)CCCCCCCCCCCCCCC)COP(=O)(O)OCC[N+](C)(C)C. The maximum Gasteiger partial charge on any atom is 0.472 e. The average Bonchev–Trinajstić information content (AvgIpc) is 3.32. The van der Waals surface area contributed by atoms with Crippen molar-refractivity contribution in [1.29, 1.82) is 0 Å². The molecule has 0 spiro atoms. The Hall–Kier alpha value is -3.07. The summed E-state index contributed by atoms with van der Waals surface area (Å²) in [5.74, 6) is -0.809. The molecule has 0 aromatic heterocycles. The van der Waals surface area contributed by atoms with Gasteiger partial charge in [0.15, 0.2) is 6.10 Å². The molecule has 2 unspecified atom stereocenters. The van der Waals surface area contributed by atoms with E-state index in [1.165, 1.54) is 89.9 Å². The zero-order chi connectivity index (χ0) is 51.3. The largest absolute Gasteiger partial charge is 0.472 e. The van der Waals surface area contributed by atoms with E-state index in [1.54, 1.807) is 0 Å². The lowest BCUT2D eigenvalue weighted by molar-refractivity contribution is -0.870. The lowest BCUT2D eigenvalue weighted by Gasteiger charge is -2.24. The number of phosphoric ester groups is 1. The fourth-order valence-electron chi connectivity index (χ4n) is 7.32. The number of carbonyl (C=O) groups is 2. The number of hydrogen-bond acceptors (Lipinski definition) is 7. The molecule has 0 rings (SSSR count). The van der Waals surface area contributed by atoms with Crippen LogP contribution in [0.5, 0.6) is 0 Å². The van der Waals surface area contributed by atoms with Crippen LogP contribution in [0.1, 0.15) is 219 Å². The van der Waals surface area contributed by atoms with Crippen molar-refractivity contribution < 1.29 is 42.1 Å². The summed E-state index contributed by atoms with van der Waals surface area (Å²) in [5.41, 5.74) is 0. The van der Waals surface area contributed by atoms with Crippen LogP contribution in [0.25, 0.3) is 0 Å². The van der Waals surface area contributed by atoms with E-state index in [0.717, 1.165) is 96.3 Å². The number of esters is 2. The van der Waals surface area contributed by atoms with Gasteiger partial charge in [-0.3, -0.25) is 18.6 Å². The van der Waals surface area contributed by atoms with Gasteiger partial charge in [0, 0.05) is 12.8 Å². The van der Waals surface area contributed by atoms with Crippen LogP contribution in [0, 0.1) is 0 Å². The summed E-state index contributed by atoms with van der Waals surface area (Å²) < 4.78 is 34.5. The second-order valence-corrected chi connectivity index (χ2v) is 21.0. The van der Waals surface area contributed by atoms with Gasteiger partial charge in [-0.2, -0.15) is 0 Å². The predicted molar refractivity (Wildman–Crippen MR) is 298 cm³/mol. The molecule has 10 heteroatoms. The standard InChI is InChI=1S/C60H104NO8P/c1-6-8-10-12-14-16-18-20-21-22-23-24-25-26-27-28-29-30-31-32-33-34-35-36-37-38-39-41-43-45-47-49-51-53-60(63)69-58(57-68-70(64,65)67-55-54-61(3,4)5)56-66-59(62)52-50-48-46-44-42-40-19-17-15-13-11-9-7-2/h8,10,14,16,20-21,23-24,26-27,29-30,32-33,35-36,58H,6-7,9,11-13,15,17-19,22,25,28,31,34,37-57H2,1-5H3/p+1/b10-8-,16-14-,21-20-,24-23-,27-26-,30-29-,33-32-,36-35-. The minimum Gasteiger partial charge on any atom is -0.462 e. The van der Waals surface area contributed by atoms with Crippen LogP contribution in [-0.4, -0.2) is 74.9 Å². The van der Waals surface area contributed by atoms with Crippen molar-refractivity contribution >= 4 is 19.8 Å². The molecule has 0 amide bonds. The number of likely N-dealkylation sites (N-methyl/N-ethyl adjacent to an activating group) is 1. The molecule has 0 saturated heterocycles. The Morgan fingerprint density at radius 3 is 1.21 bits per heavy atom. The maximum absolute atomic E-state index is 12.8. The van der Waals surface area contributed by atoms with Gasteiger partial charge in [0.1, 0.15) is 19.8 Å². The number of phosphoric acid groups is 1. The lowest BCUT2D eigenvalue weighted by atomic mass is 10.0. The lowest BCUT2D eigenvalue weighted by Crippen LogP contribution is -2.37. The van der Waals surface area contributed by atoms with E-state index < -0.39 is 26.5 Å². The summed E-state index contributed by atoms with van der Waals surface area (Å²) in [6.07, 6.45) is 69.0. The van der Waals surface area contributed by atoms with E-state index in [-0.39, 0.29) is 32.0 Å². The second kappa shape index (κ2) is 50.9. The fraction of sp³-hybridized carbons (Fsp3) is 0.700. The van der Waals surface area contributed by atoms with Gasteiger partial charge in [0.05, 0.1) is 27.7 Å². The van der Waals surface area contributed by atoms with E-state index in [4.69, 9.17) is 18.5 Å². The van der Waals surface area contributed by atoms with Crippen LogP contribution in [0.2, 0.25) is 0 Å². The Morgan fingerprint density at radius 1 is 0.457 bits per heavy atom. The Bertz CT molecular complexity index is 1500. The Kier molecular flexibility index (Phi) is 48.6. The van der Waals surface area contributed by atoms with Gasteiger partial charge < -0.3 is 18.9 Å². The van der Waals surface area contributed by atoms with Crippen molar-refractivity contribution in [3.05, 3.63) is 97.2 Å². The first-order chi connectivity index (χ1) is 34.0. The third-order valence-corrected chi connectivity index (χ3v) is 12.6. The van der Waals surface area contributed by atoms with E-state index in [1.807, 2.05) is 21.1 Å². The zero-order valence-electron chi connectivity index (χ0n) is 45.5. The number of quaternary nitrogens is 1. The smallest absolute Gasteiger partial charge is 0.462 e. The molecule has 1 N–H and O–H groups in total. The maximum atomic E-state index is 12.8. The molecular weight excluding hydrogens is 894 g/mol. The minimum absolute atomic E-state index is 0.0267. The molecule has 0 heterocycles. The van der Waals surface area contributed by atoms with Gasteiger partial charge in [0.25, 0.3) is 0 Å². The van der Waals surface area contributed by atoms with Gasteiger partial charge in [-0.15, -0.1) is 0 Å². The molecule has 402 valence electrons. The molecule has 0 aliphatic rings. The number of ether oxygens (including phenoxy) is 2. The second-order valence-electron chi connectivity index (χ2n) is 19.6. The molecule has 9 nitrogen and oxygen atoms in total. The molecule has 2 atom stereocenters. The number of unbranched alkanes of at least 4 members (excludes halogenated alkanes) is 20. The molecule has 0 saturated carbocycles. The number of allylic oxidation sites excluding steroid dienone is 16. The van der Waals surface area contributed by atoms with E-state index in [0.29, 0.717) is 17.4 Å². The van der Waals surface area contributed by atoms with E-state index in [9.17, 15) is 19.0 Å². The highest BCUT2D eigenvalue weighted by atomic mass is 31.2. The predicted octanol–water partition coefficient (Wildman–Crippen LogP) is 17.3. The molecule has 0 aliphatic heterocycles. The molecule has 70 heavy (non-hydrogen) atoms. The molecular formula is C60H105NO8P+. The summed E-state index contributed by atoms with van der Waals surface area (Å²) >= 11 is 0. The third-order valence-electron chi connectivity index (χ3n) is 11.6. The van der Waals surface area contributed by atoms with Crippen LogP contribution in [0.15, 0.2) is 97.2 Å². The quantitative estimate of drug-likeness (QED) is 0.0211. The monoisotopic (exact) mass is 999 g/mol. The Labute approximate surface area is 430 Å². The fourth-order valence-corrected chi connectivity index (χ4v) is 8.07. The summed E-state index contributed by atoms with van der Waals surface area (Å²) in [6.45, 7) is 4.30. The number of hydrogen-bond donors (Lipinski definition) is 1. The van der Waals surface area contributed by atoms with Crippen LogP contribution in [0.3, 0.4) is 0 Å². The van der Waals surface area contributed by atoms with Crippen molar-refractivity contribution in [3.8, 4) is 0 Å². The normalized spacial score (nSPS) is 14.1. The number of rotatable bonds is 50. The van der Waals surface area contributed by atoms with Gasteiger partial charge in [-0.1, -0.05) is 227 Å². The first-order valence-electron chi connectivity index (χ1n) is 28.0. The molecule has 0 fully saturated rings. The van der Waals surface area contributed by atoms with Gasteiger partial charge in [0.2, 0.25) is 0 Å². The zero-order valence-corrected chi connectivity index (χ0v) is 46.4. The van der Waals surface area contributed by atoms with Crippen LogP contribution in [-0.2, 0) is 32.7 Å². The van der Waals surface area contributed by atoms with Crippen LogP contribution in [0.4, 0.5) is 0 Å². The Morgan fingerprint density at radius 2 is 0.814 bits per heavy atom. The van der Waals surface area contributed by atoms with Crippen LogP contribution < -0.4 is 0 Å².